The number of benzene rings is 1. The molecule has 0 spiro atoms. The Morgan fingerprint density at radius 3 is 2.72 bits per heavy atom. The summed E-state index contributed by atoms with van der Waals surface area (Å²) in [6.07, 6.45) is 4.22. The molecule has 1 heterocycles. The molecule has 136 valence electrons. The van der Waals surface area contributed by atoms with E-state index in [0.29, 0.717) is 6.54 Å². The average molecular weight is 343 g/mol. The molecule has 25 heavy (non-hydrogen) atoms. The van der Waals surface area contributed by atoms with Gasteiger partial charge in [0.25, 0.3) is 0 Å². The van der Waals surface area contributed by atoms with Gasteiger partial charge in [-0.15, -0.1) is 0 Å². The Kier molecular flexibility index (Phi) is 5.74. The molecule has 0 radical (unpaired) electrons. The zero-order valence-electron chi connectivity index (χ0n) is 15.4. The molecule has 1 saturated heterocycles. The maximum Gasteiger partial charge on any atom is 0.237 e. The molecule has 5 nitrogen and oxygen atoms in total. The summed E-state index contributed by atoms with van der Waals surface area (Å²) in [6, 6.07) is 8.70. The van der Waals surface area contributed by atoms with E-state index in [-0.39, 0.29) is 17.9 Å². The van der Waals surface area contributed by atoms with Crippen LogP contribution in [-0.4, -0.2) is 66.3 Å². The molecule has 1 aliphatic heterocycles. The Morgan fingerprint density at radius 1 is 1.12 bits per heavy atom. The monoisotopic (exact) mass is 343 g/mol. The molecular formula is C20H29N3O2. The molecule has 1 fully saturated rings. The van der Waals surface area contributed by atoms with Crippen LogP contribution in [0.2, 0.25) is 0 Å². The number of amides is 2. The largest absolute Gasteiger partial charge is 0.342 e. The number of carbonyl (C=O) groups excluding carboxylic acids is 2. The Balaban J connectivity index is 1.61. The molecule has 0 aromatic heterocycles. The summed E-state index contributed by atoms with van der Waals surface area (Å²) in [5, 5.41) is 0. The van der Waals surface area contributed by atoms with Crippen molar-refractivity contribution in [1.82, 2.24) is 14.7 Å². The van der Waals surface area contributed by atoms with E-state index in [2.05, 4.69) is 29.2 Å². The number of nitrogens with zero attached hydrogens (tertiary/aromatic N) is 3. The molecule has 2 aliphatic rings. The van der Waals surface area contributed by atoms with Gasteiger partial charge in [0.1, 0.15) is 0 Å². The van der Waals surface area contributed by atoms with Crippen LogP contribution in [0.25, 0.3) is 0 Å². The number of rotatable bonds is 3. The highest BCUT2D eigenvalue weighted by Crippen LogP contribution is 2.33. The highest BCUT2D eigenvalue weighted by atomic mass is 16.2. The van der Waals surface area contributed by atoms with Crippen LogP contribution >= 0.6 is 0 Å². The smallest absolute Gasteiger partial charge is 0.237 e. The lowest BCUT2D eigenvalue weighted by molar-refractivity contribution is -0.133. The van der Waals surface area contributed by atoms with Crippen molar-refractivity contribution in [3.8, 4) is 0 Å². The molecule has 0 bridgehead atoms. The lowest BCUT2D eigenvalue weighted by atomic mass is 9.87. The van der Waals surface area contributed by atoms with E-state index in [1.165, 1.54) is 11.1 Å². The van der Waals surface area contributed by atoms with Crippen LogP contribution in [0, 0.1) is 0 Å². The Morgan fingerprint density at radius 2 is 1.92 bits per heavy atom. The fourth-order valence-electron chi connectivity index (χ4n) is 4.05. The summed E-state index contributed by atoms with van der Waals surface area (Å²) < 4.78 is 0. The number of carbonyl (C=O) groups is 2. The van der Waals surface area contributed by atoms with Crippen LogP contribution in [0.5, 0.6) is 0 Å². The minimum Gasteiger partial charge on any atom is -0.342 e. The lowest BCUT2D eigenvalue weighted by Gasteiger charge is -2.34. The second-order valence-corrected chi connectivity index (χ2v) is 7.25. The van der Waals surface area contributed by atoms with Gasteiger partial charge in [-0.25, -0.2) is 0 Å². The molecule has 1 aliphatic carbocycles. The third-order valence-electron chi connectivity index (χ3n) is 5.59. The first-order chi connectivity index (χ1) is 12.1. The standard InChI is InChI=1S/C20H29N3O2/c1-16(24)23-12-6-11-22(13-14-23)15-20(25)21(2)19-10-5-8-17-7-3-4-9-18(17)19/h3-4,7,9,19H,5-6,8,10-15H2,1-2H3. The average Bonchev–Trinajstić information content (AvgIpc) is 2.86. The molecule has 3 rings (SSSR count). The van der Waals surface area contributed by atoms with Gasteiger partial charge >= 0.3 is 0 Å². The van der Waals surface area contributed by atoms with Crippen LogP contribution in [-0.2, 0) is 16.0 Å². The Hall–Kier alpha value is -1.88. The molecule has 1 aromatic rings. The molecule has 1 aromatic carbocycles. The molecular weight excluding hydrogens is 314 g/mol. The summed E-state index contributed by atoms with van der Waals surface area (Å²) in [5.41, 5.74) is 2.69. The van der Waals surface area contributed by atoms with E-state index >= 15 is 0 Å². The number of fused-ring (bicyclic) bond motifs is 1. The van der Waals surface area contributed by atoms with Crippen molar-refractivity contribution in [2.24, 2.45) is 0 Å². The maximum atomic E-state index is 12.9. The highest BCUT2D eigenvalue weighted by molar-refractivity contribution is 5.78. The predicted octanol–water partition coefficient (Wildman–Crippen LogP) is 2.08. The Labute approximate surface area is 150 Å². The van der Waals surface area contributed by atoms with Gasteiger partial charge < -0.3 is 9.80 Å². The predicted molar refractivity (Wildman–Crippen MR) is 98.2 cm³/mol. The zero-order chi connectivity index (χ0) is 17.8. The molecule has 2 amide bonds. The zero-order valence-corrected chi connectivity index (χ0v) is 15.4. The Bertz CT molecular complexity index is 631. The van der Waals surface area contributed by atoms with Gasteiger partial charge in [-0.2, -0.15) is 0 Å². The number of aryl methyl sites for hydroxylation is 1. The van der Waals surface area contributed by atoms with Gasteiger partial charge in [-0.05, 0) is 36.8 Å². The quantitative estimate of drug-likeness (QED) is 0.844. The summed E-state index contributed by atoms with van der Waals surface area (Å²) in [4.78, 5) is 30.4. The van der Waals surface area contributed by atoms with Gasteiger partial charge in [0.05, 0.1) is 12.6 Å². The first kappa shape index (κ1) is 17.9. The van der Waals surface area contributed by atoms with Crippen LogP contribution < -0.4 is 0 Å². The number of likely N-dealkylation sites (N-methyl/N-ethyl adjacent to an activating group) is 1. The first-order valence-corrected chi connectivity index (χ1v) is 9.37. The number of hydrogen-bond acceptors (Lipinski definition) is 3. The molecule has 0 N–H and O–H groups in total. The lowest BCUT2D eigenvalue weighted by Crippen LogP contribution is -2.42. The highest BCUT2D eigenvalue weighted by Gasteiger charge is 2.27. The van der Waals surface area contributed by atoms with Crippen molar-refractivity contribution in [3.63, 3.8) is 0 Å². The second kappa shape index (κ2) is 8.00. The van der Waals surface area contributed by atoms with E-state index in [4.69, 9.17) is 0 Å². The third-order valence-corrected chi connectivity index (χ3v) is 5.59. The summed E-state index contributed by atoms with van der Waals surface area (Å²) >= 11 is 0. The van der Waals surface area contributed by atoms with Gasteiger partial charge in [0.2, 0.25) is 11.8 Å². The van der Waals surface area contributed by atoms with Gasteiger partial charge in [-0.1, -0.05) is 24.3 Å². The van der Waals surface area contributed by atoms with Crippen LogP contribution in [0.15, 0.2) is 24.3 Å². The minimum atomic E-state index is 0.129. The fourth-order valence-corrected chi connectivity index (χ4v) is 4.05. The molecule has 5 heteroatoms. The van der Waals surface area contributed by atoms with Gasteiger partial charge in [0, 0.05) is 40.2 Å². The summed E-state index contributed by atoms with van der Waals surface area (Å²) in [6.45, 7) is 5.24. The van der Waals surface area contributed by atoms with Crippen LogP contribution in [0.4, 0.5) is 0 Å². The fraction of sp³-hybridized carbons (Fsp3) is 0.600. The normalized spacial score (nSPS) is 21.4. The second-order valence-electron chi connectivity index (χ2n) is 7.25. The van der Waals surface area contributed by atoms with Gasteiger partial charge in [-0.3, -0.25) is 14.5 Å². The van der Waals surface area contributed by atoms with Crippen LogP contribution in [0.3, 0.4) is 0 Å². The van der Waals surface area contributed by atoms with Crippen molar-refractivity contribution in [2.45, 2.75) is 38.6 Å². The molecule has 1 unspecified atom stereocenters. The minimum absolute atomic E-state index is 0.129. The maximum absolute atomic E-state index is 12.9. The van der Waals surface area contributed by atoms with E-state index in [1.807, 2.05) is 16.8 Å². The van der Waals surface area contributed by atoms with Gasteiger partial charge in [0.15, 0.2) is 0 Å². The number of hydrogen-bond donors (Lipinski definition) is 0. The van der Waals surface area contributed by atoms with Crippen molar-refractivity contribution < 1.29 is 9.59 Å². The summed E-state index contributed by atoms with van der Waals surface area (Å²) in [7, 11) is 1.94. The first-order valence-electron chi connectivity index (χ1n) is 9.37. The summed E-state index contributed by atoms with van der Waals surface area (Å²) in [5.74, 6) is 0.307. The SMILES string of the molecule is CC(=O)N1CCCN(CC(=O)N(C)C2CCCc3ccccc32)CC1. The van der Waals surface area contributed by atoms with Crippen molar-refractivity contribution in [1.29, 1.82) is 0 Å². The van der Waals surface area contributed by atoms with E-state index in [9.17, 15) is 9.59 Å². The third kappa shape index (κ3) is 4.21. The van der Waals surface area contributed by atoms with Crippen molar-refractivity contribution in [3.05, 3.63) is 35.4 Å². The topological polar surface area (TPSA) is 43.9 Å². The molecule has 1 atom stereocenters. The molecule has 0 saturated carbocycles. The van der Waals surface area contributed by atoms with E-state index < -0.39 is 0 Å². The van der Waals surface area contributed by atoms with Crippen LogP contribution in [0.1, 0.15) is 43.4 Å². The van der Waals surface area contributed by atoms with Crippen molar-refractivity contribution in [2.75, 3.05) is 39.8 Å². The van der Waals surface area contributed by atoms with Crippen molar-refractivity contribution >= 4 is 11.8 Å². The van der Waals surface area contributed by atoms with E-state index in [0.717, 1.165) is 51.9 Å². The van der Waals surface area contributed by atoms with E-state index in [1.54, 1.807) is 6.92 Å².